The van der Waals surface area contributed by atoms with Gasteiger partial charge in [0.15, 0.2) is 0 Å². The summed E-state index contributed by atoms with van der Waals surface area (Å²) in [5, 5.41) is 18.2. The Morgan fingerprint density at radius 1 is 0.373 bits per heavy atom. The van der Waals surface area contributed by atoms with E-state index in [1.807, 2.05) is 36.4 Å². The minimum Gasteiger partial charge on any atom is -0.456 e. The van der Waals surface area contributed by atoms with Gasteiger partial charge in [0.2, 0.25) is 0 Å². The number of hydrogen-bond donors (Lipinski definition) is 3. The molecular formula is C45H31N3O3. The lowest BCUT2D eigenvalue weighted by Gasteiger charge is -2.39. The SMILES string of the molecule is c1ccc(C2NC(c3cccc4c3oc3c(-c5ccc6c(c5)oc5ccccc56)cccc34)NC(c3cccc4oc5ccccc5c34)N2)cc1. The summed E-state index contributed by atoms with van der Waals surface area (Å²) in [6.45, 7) is 0. The van der Waals surface area contributed by atoms with Gasteiger partial charge in [-0.2, -0.15) is 0 Å². The summed E-state index contributed by atoms with van der Waals surface area (Å²) in [7, 11) is 0. The normalized spacial score (nSPS) is 18.2. The highest BCUT2D eigenvalue weighted by molar-refractivity contribution is 6.12. The Morgan fingerprint density at radius 3 is 1.82 bits per heavy atom. The van der Waals surface area contributed by atoms with Crippen LogP contribution >= 0.6 is 0 Å². The minimum atomic E-state index is -0.241. The first-order chi connectivity index (χ1) is 25.3. The lowest BCUT2D eigenvalue weighted by molar-refractivity contribution is 0.204. The molecule has 244 valence electrons. The van der Waals surface area contributed by atoms with Crippen molar-refractivity contribution < 1.29 is 13.3 Å². The smallest absolute Gasteiger partial charge is 0.143 e. The van der Waals surface area contributed by atoms with Crippen LogP contribution in [0.1, 0.15) is 35.2 Å². The van der Waals surface area contributed by atoms with Crippen molar-refractivity contribution in [3.8, 4) is 11.1 Å². The number of furan rings is 3. The fourth-order valence-electron chi connectivity index (χ4n) is 8.07. The van der Waals surface area contributed by atoms with E-state index >= 15 is 0 Å². The van der Waals surface area contributed by atoms with Crippen LogP contribution in [0.3, 0.4) is 0 Å². The summed E-state index contributed by atoms with van der Waals surface area (Å²) in [6.07, 6.45) is -0.576. The molecule has 4 heterocycles. The molecule has 3 atom stereocenters. The molecule has 0 amide bonds. The summed E-state index contributed by atoms with van der Waals surface area (Å²) < 4.78 is 19.5. The zero-order valence-corrected chi connectivity index (χ0v) is 27.4. The van der Waals surface area contributed by atoms with Gasteiger partial charge in [-0.25, -0.2) is 0 Å². The van der Waals surface area contributed by atoms with Gasteiger partial charge in [0, 0.05) is 43.4 Å². The first-order valence-electron chi connectivity index (χ1n) is 17.4. The Bertz CT molecular complexity index is 2940. The highest BCUT2D eigenvalue weighted by atomic mass is 16.3. The van der Waals surface area contributed by atoms with E-state index in [4.69, 9.17) is 13.3 Å². The molecule has 0 saturated carbocycles. The summed E-state index contributed by atoms with van der Waals surface area (Å²) in [4.78, 5) is 0. The van der Waals surface area contributed by atoms with Crippen LogP contribution in [-0.4, -0.2) is 0 Å². The second kappa shape index (κ2) is 11.2. The minimum absolute atomic E-state index is 0.137. The molecule has 10 aromatic rings. The molecule has 3 unspecified atom stereocenters. The lowest BCUT2D eigenvalue weighted by atomic mass is 9.99. The van der Waals surface area contributed by atoms with E-state index in [0.29, 0.717) is 0 Å². The predicted molar refractivity (Wildman–Crippen MR) is 204 cm³/mol. The number of para-hydroxylation sites is 4. The molecule has 1 aliphatic heterocycles. The Hall–Kier alpha value is -6.18. The average Bonchev–Trinajstić information content (AvgIpc) is 3.89. The Labute approximate surface area is 292 Å². The predicted octanol–water partition coefficient (Wildman–Crippen LogP) is 11.2. The molecule has 0 bridgehead atoms. The zero-order chi connectivity index (χ0) is 33.5. The number of fused-ring (bicyclic) bond motifs is 9. The standard InChI is InChI=1S/C45H31N3O3/c1-2-11-26(12-3-1)43-46-44(34-18-10-22-38-40(34)33-14-5-7-21-37(33)49-38)48-45(47-43)35-19-9-17-32-31-16-8-15-28(41(31)51-42(32)35)27-23-24-30-29-13-4-6-20-36(29)50-39(30)25-27/h1-25,43-48H. The van der Waals surface area contributed by atoms with Crippen molar-refractivity contribution >= 4 is 65.8 Å². The summed E-state index contributed by atoms with van der Waals surface area (Å²) in [5.74, 6) is 0. The van der Waals surface area contributed by atoms with Gasteiger partial charge < -0.3 is 13.3 Å². The van der Waals surface area contributed by atoms with Gasteiger partial charge in [-0.1, -0.05) is 121 Å². The van der Waals surface area contributed by atoms with Gasteiger partial charge in [0.25, 0.3) is 0 Å². The van der Waals surface area contributed by atoms with Crippen molar-refractivity contribution in [1.29, 1.82) is 0 Å². The van der Waals surface area contributed by atoms with Gasteiger partial charge in [-0.3, -0.25) is 16.0 Å². The van der Waals surface area contributed by atoms with E-state index in [1.165, 1.54) is 0 Å². The molecular weight excluding hydrogens is 631 g/mol. The fourth-order valence-corrected chi connectivity index (χ4v) is 8.07. The zero-order valence-electron chi connectivity index (χ0n) is 27.4. The van der Waals surface area contributed by atoms with Crippen LogP contribution < -0.4 is 16.0 Å². The Kier molecular flexibility index (Phi) is 6.27. The number of benzene rings is 7. The Balaban J connectivity index is 1.05. The largest absolute Gasteiger partial charge is 0.456 e. The molecule has 0 spiro atoms. The van der Waals surface area contributed by atoms with Crippen LogP contribution in [0.2, 0.25) is 0 Å². The summed E-state index contributed by atoms with van der Waals surface area (Å²) in [6, 6.07) is 52.6. The molecule has 0 aliphatic carbocycles. The number of rotatable bonds is 4. The van der Waals surface area contributed by atoms with Gasteiger partial charge in [-0.05, 0) is 47.0 Å². The van der Waals surface area contributed by atoms with Crippen LogP contribution in [0.15, 0.2) is 165 Å². The molecule has 3 aromatic heterocycles. The van der Waals surface area contributed by atoms with Crippen molar-refractivity contribution in [3.05, 3.63) is 168 Å². The van der Waals surface area contributed by atoms with E-state index in [-0.39, 0.29) is 18.5 Å². The molecule has 6 nitrogen and oxygen atoms in total. The molecule has 1 fully saturated rings. The van der Waals surface area contributed by atoms with Crippen LogP contribution in [0.4, 0.5) is 0 Å². The number of nitrogens with one attached hydrogen (secondary N) is 3. The van der Waals surface area contributed by atoms with Crippen LogP contribution in [-0.2, 0) is 0 Å². The third kappa shape index (κ3) is 4.48. The van der Waals surface area contributed by atoms with Crippen molar-refractivity contribution in [2.45, 2.75) is 18.5 Å². The van der Waals surface area contributed by atoms with Crippen LogP contribution in [0.5, 0.6) is 0 Å². The van der Waals surface area contributed by atoms with Gasteiger partial charge in [-0.15, -0.1) is 0 Å². The third-order valence-electron chi connectivity index (χ3n) is 10.4. The maximum atomic E-state index is 6.94. The molecule has 51 heavy (non-hydrogen) atoms. The maximum absolute atomic E-state index is 6.94. The lowest BCUT2D eigenvalue weighted by Crippen LogP contribution is -2.54. The Morgan fingerprint density at radius 2 is 0.961 bits per heavy atom. The fraction of sp³-hybridized carbons (Fsp3) is 0.0667. The molecule has 3 N–H and O–H groups in total. The highest BCUT2D eigenvalue weighted by Gasteiger charge is 2.33. The van der Waals surface area contributed by atoms with Gasteiger partial charge >= 0.3 is 0 Å². The monoisotopic (exact) mass is 661 g/mol. The molecule has 0 radical (unpaired) electrons. The van der Waals surface area contributed by atoms with E-state index in [2.05, 4.69) is 131 Å². The summed E-state index contributed by atoms with van der Waals surface area (Å²) in [5.41, 5.74) is 10.6. The van der Waals surface area contributed by atoms with Crippen molar-refractivity contribution in [2.24, 2.45) is 0 Å². The van der Waals surface area contributed by atoms with E-state index in [0.717, 1.165) is 93.6 Å². The first kappa shape index (κ1) is 28.6. The second-order valence-corrected chi connectivity index (χ2v) is 13.3. The second-order valence-electron chi connectivity index (χ2n) is 13.3. The van der Waals surface area contributed by atoms with Crippen molar-refractivity contribution in [2.75, 3.05) is 0 Å². The van der Waals surface area contributed by atoms with Gasteiger partial charge in [0.1, 0.15) is 33.5 Å². The molecule has 1 aliphatic rings. The van der Waals surface area contributed by atoms with E-state index in [1.54, 1.807) is 0 Å². The molecule has 1 saturated heterocycles. The molecule has 7 aromatic carbocycles. The quantitative estimate of drug-likeness (QED) is 0.174. The first-order valence-corrected chi connectivity index (χ1v) is 17.4. The van der Waals surface area contributed by atoms with Crippen molar-refractivity contribution in [3.63, 3.8) is 0 Å². The van der Waals surface area contributed by atoms with Crippen LogP contribution in [0, 0.1) is 0 Å². The number of hydrogen-bond acceptors (Lipinski definition) is 6. The third-order valence-corrected chi connectivity index (χ3v) is 10.4. The maximum Gasteiger partial charge on any atom is 0.143 e. The van der Waals surface area contributed by atoms with E-state index in [9.17, 15) is 0 Å². The highest BCUT2D eigenvalue weighted by Crippen LogP contribution is 2.42. The topological polar surface area (TPSA) is 75.5 Å². The summed E-state index contributed by atoms with van der Waals surface area (Å²) >= 11 is 0. The van der Waals surface area contributed by atoms with Crippen molar-refractivity contribution in [1.82, 2.24) is 16.0 Å². The van der Waals surface area contributed by atoms with Crippen LogP contribution in [0.25, 0.3) is 76.9 Å². The molecule has 6 heteroatoms. The molecule has 11 rings (SSSR count). The van der Waals surface area contributed by atoms with E-state index < -0.39 is 0 Å². The average molecular weight is 662 g/mol. The van der Waals surface area contributed by atoms with Gasteiger partial charge in [0.05, 0.1) is 18.5 Å².